The number of carbonyl (C=O) groups is 2. The van der Waals surface area contributed by atoms with Gasteiger partial charge in [0.1, 0.15) is 6.54 Å². The fourth-order valence-electron chi connectivity index (χ4n) is 2.15. The predicted molar refractivity (Wildman–Crippen MR) is 81.8 cm³/mol. The van der Waals surface area contributed by atoms with Crippen LogP contribution in [0.1, 0.15) is 15.9 Å². The highest BCUT2D eigenvalue weighted by atomic mass is 79.9. The fourth-order valence-corrected chi connectivity index (χ4v) is 3.28. The zero-order valence-electron chi connectivity index (χ0n) is 10.4. The number of fused-ring (bicyclic) bond motifs is 1. The van der Waals surface area contributed by atoms with E-state index in [9.17, 15) is 9.59 Å². The first-order valence-electron chi connectivity index (χ1n) is 6.04. The molecule has 4 nitrogen and oxygen atoms in total. The molecular weight excluding hydrogens is 340 g/mol. The maximum absolute atomic E-state index is 12.5. The molecule has 0 bridgehead atoms. The first kappa shape index (κ1) is 13.3. The van der Waals surface area contributed by atoms with Crippen molar-refractivity contribution >= 4 is 44.8 Å². The second-order valence-electron chi connectivity index (χ2n) is 4.51. The van der Waals surface area contributed by atoms with Crippen molar-refractivity contribution in [1.82, 2.24) is 4.90 Å². The number of nitrogens with one attached hydrogen (secondary N) is 1. The molecule has 0 radical (unpaired) electrons. The summed E-state index contributed by atoms with van der Waals surface area (Å²) in [6, 6.07) is 9.32. The lowest BCUT2D eigenvalue weighted by molar-refractivity contribution is -0.116. The number of amides is 2. The molecule has 20 heavy (non-hydrogen) atoms. The van der Waals surface area contributed by atoms with Crippen LogP contribution in [-0.4, -0.2) is 23.3 Å². The first-order chi connectivity index (χ1) is 9.63. The number of para-hydroxylation sites is 1. The van der Waals surface area contributed by atoms with Gasteiger partial charge in [0.15, 0.2) is 0 Å². The topological polar surface area (TPSA) is 49.4 Å². The Hall–Kier alpha value is -1.66. The van der Waals surface area contributed by atoms with E-state index in [1.807, 2.05) is 24.3 Å². The van der Waals surface area contributed by atoms with E-state index >= 15 is 0 Å². The van der Waals surface area contributed by atoms with Gasteiger partial charge in [-0.2, -0.15) is 0 Å². The van der Waals surface area contributed by atoms with Crippen LogP contribution in [0, 0.1) is 0 Å². The molecule has 0 spiro atoms. The van der Waals surface area contributed by atoms with Gasteiger partial charge in [-0.25, -0.2) is 0 Å². The third-order valence-corrected chi connectivity index (χ3v) is 4.59. The minimum atomic E-state index is -0.169. The molecule has 0 unspecified atom stereocenters. The van der Waals surface area contributed by atoms with Crippen LogP contribution in [0.25, 0.3) is 0 Å². The average molecular weight is 351 g/mol. The van der Waals surface area contributed by atoms with Crippen molar-refractivity contribution in [2.75, 3.05) is 11.9 Å². The summed E-state index contributed by atoms with van der Waals surface area (Å²) in [7, 11) is 0. The van der Waals surface area contributed by atoms with Crippen molar-refractivity contribution in [1.29, 1.82) is 0 Å². The predicted octanol–water partition coefficient (Wildman–Crippen LogP) is 3.11. The number of hydrogen-bond donors (Lipinski definition) is 1. The van der Waals surface area contributed by atoms with Crippen LogP contribution >= 0.6 is 27.3 Å². The zero-order valence-corrected chi connectivity index (χ0v) is 12.8. The number of benzene rings is 1. The lowest BCUT2D eigenvalue weighted by Gasteiger charge is -2.18. The number of carbonyl (C=O) groups excluding carboxylic acids is 2. The van der Waals surface area contributed by atoms with E-state index in [1.165, 1.54) is 11.3 Å². The van der Waals surface area contributed by atoms with Crippen molar-refractivity contribution < 1.29 is 9.59 Å². The normalized spacial score (nSPS) is 14.4. The Morgan fingerprint density at radius 2 is 2.10 bits per heavy atom. The molecule has 0 fully saturated rings. The molecular formula is C14H11BrN2O2S. The van der Waals surface area contributed by atoms with Crippen LogP contribution in [0.5, 0.6) is 0 Å². The van der Waals surface area contributed by atoms with Gasteiger partial charge in [0, 0.05) is 17.6 Å². The molecule has 0 saturated heterocycles. The van der Waals surface area contributed by atoms with Gasteiger partial charge in [-0.1, -0.05) is 18.2 Å². The number of nitrogens with zero attached hydrogens (tertiary/aromatic N) is 1. The fraction of sp³-hybridized carbons (Fsp3) is 0.143. The Bertz CT molecular complexity index is 683. The number of rotatable bonds is 1. The molecule has 0 saturated carbocycles. The van der Waals surface area contributed by atoms with Crippen molar-refractivity contribution in [3.05, 3.63) is 50.6 Å². The van der Waals surface area contributed by atoms with E-state index in [0.29, 0.717) is 12.1 Å². The van der Waals surface area contributed by atoms with Crippen molar-refractivity contribution in [3.63, 3.8) is 0 Å². The Morgan fingerprint density at radius 3 is 2.85 bits per heavy atom. The van der Waals surface area contributed by atoms with Gasteiger partial charge < -0.3 is 10.2 Å². The first-order valence-corrected chi connectivity index (χ1v) is 7.72. The number of thiophene rings is 1. The molecule has 2 heterocycles. The monoisotopic (exact) mass is 350 g/mol. The van der Waals surface area contributed by atoms with E-state index < -0.39 is 0 Å². The second-order valence-corrected chi connectivity index (χ2v) is 6.80. The summed E-state index contributed by atoms with van der Waals surface area (Å²) in [5.41, 5.74) is 2.33. The van der Waals surface area contributed by atoms with Crippen LogP contribution in [0.3, 0.4) is 0 Å². The quantitative estimate of drug-likeness (QED) is 0.858. The number of anilines is 1. The summed E-state index contributed by atoms with van der Waals surface area (Å²) in [6.07, 6.45) is 0. The molecule has 2 amide bonds. The maximum Gasteiger partial charge on any atom is 0.255 e. The maximum atomic E-state index is 12.5. The van der Waals surface area contributed by atoms with E-state index in [-0.39, 0.29) is 18.4 Å². The van der Waals surface area contributed by atoms with Crippen LogP contribution in [0.2, 0.25) is 0 Å². The third-order valence-electron chi connectivity index (χ3n) is 3.09. The smallest absolute Gasteiger partial charge is 0.255 e. The summed E-state index contributed by atoms with van der Waals surface area (Å²) in [5, 5.41) is 4.62. The highest BCUT2D eigenvalue weighted by molar-refractivity contribution is 9.11. The zero-order chi connectivity index (χ0) is 14.1. The summed E-state index contributed by atoms with van der Waals surface area (Å²) in [6.45, 7) is 0.502. The largest absolute Gasteiger partial charge is 0.325 e. The van der Waals surface area contributed by atoms with Crippen molar-refractivity contribution in [3.8, 4) is 0 Å². The molecule has 1 aromatic carbocycles. The van der Waals surface area contributed by atoms with E-state index in [4.69, 9.17) is 0 Å². The highest BCUT2D eigenvalue weighted by Crippen LogP contribution is 2.25. The number of hydrogen-bond acceptors (Lipinski definition) is 3. The Labute approximate surface area is 128 Å². The molecule has 1 aliphatic heterocycles. The Kier molecular flexibility index (Phi) is 3.58. The molecule has 0 atom stereocenters. The molecule has 102 valence electrons. The van der Waals surface area contributed by atoms with Gasteiger partial charge in [-0.05, 0) is 33.6 Å². The lowest BCUT2D eigenvalue weighted by Crippen LogP contribution is -2.35. The summed E-state index contributed by atoms with van der Waals surface area (Å²) in [4.78, 5) is 25.9. The van der Waals surface area contributed by atoms with Crippen molar-refractivity contribution in [2.45, 2.75) is 6.54 Å². The summed E-state index contributed by atoms with van der Waals surface area (Å²) >= 11 is 4.80. The van der Waals surface area contributed by atoms with Gasteiger partial charge in [0.2, 0.25) is 5.91 Å². The van der Waals surface area contributed by atoms with Crippen LogP contribution in [0.15, 0.2) is 39.5 Å². The van der Waals surface area contributed by atoms with Gasteiger partial charge in [-0.3, -0.25) is 9.59 Å². The van der Waals surface area contributed by atoms with Gasteiger partial charge in [0.05, 0.1) is 9.35 Å². The van der Waals surface area contributed by atoms with Gasteiger partial charge >= 0.3 is 0 Å². The highest BCUT2D eigenvalue weighted by Gasteiger charge is 2.24. The molecule has 1 aliphatic rings. The van der Waals surface area contributed by atoms with E-state index in [1.54, 1.807) is 16.3 Å². The molecule has 6 heteroatoms. The SMILES string of the molecule is O=C1CN(C(=O)c2csc(Br)c2)Cc2ccccc2N1. The lowest BCUT2D eigenvalue weighted by atomic mass is 10.1. The van der Waals surface area contributed by atoms with Gasteiger partial charge in [0.25, 0.3) is 5.91 Å². The molecule has 1 N–H and O–H groups in total. The minimum Gasteiger partial charge on any atom is -0.325 e. The van der Waals surface area contributed by atoms with E-state index in [0.717, 1.165) is 15.0 Å². The van der Waals surface area contributed by atoms with Crippen molar-refractivity contribution in [2.24, 2.45) is 0 Å². The molecule has 3 rings (SSSR count). The third kappa shape index (κ3) is 2.62. The van der Waals surface area contributed by atoms with Crippen LogP contribution < -0.4 is 5.32 Å². The standard InChI is InChI=1S/C14H11BrN2O2S/c15-12-5-10(8-20-12)14(19)17-6-9-3-1-2-4-11(9)16-13(18)7-17/h1-5,8H,6-7H2,(H,16,18). The Morgan fingerprint density at radius 1 is 1.30 bits per heavy atom. The van der Waals surface area contributed by atoms with E-state index in [2.05, 4.69) is 21.2 Å². The summed E-state index contributed by atoms with van der Waals surface area (Å²) in [5.74, 6) is -0.295. The molecule has 1 aromatic heterocycles. The second kappa shape index (κ2) is 5.38. The summed E-state index contributed by atoms with van der Waals surface area (Å²) < 4.78 is 0.903. The average Bonchev–Trinajstić information content (AvgIpc) is 2.77. The Balaban J connectivity index is 1.91. The van der Waals surface area contributed by atoms with Crippen LogP contribution in [-0.2, 0) is 11.3 Å². The number of halogens is 1. The minimum absolute atomic E-state index is 0.0704. The molecule has 2 aromatic rings. The van der Waals surface area contributed by atoms with Crippen LogP contribution in [0.4, 0.5) is 5.69 Å². The van der Waals surface area contributed by atoms with Gasteiger partial charge in [-0.15, -0.1) is 11.3 Å². The molecule has 0 aliphatic carbocycles.